The third-order valence-corrected chi connectivity index (χ3v) is 3.49. The first-order chi connectivity index (χ1) is 6.40. The molecule has 1 N–H and O–H groups in total. The number of aliphatic hydroxyl groups is 1. The van der Waals surface area contributed by atoms with E-state index in [1.807, 2.05) is 19.9 Å². The molecule has 0 saturated heterocycles. The Hall–Kier alpha value is -0.960. The zero-order chi connectivity index (χ0) is 10.9. The van der Waals surface area contributed by atoms with Gasteiger partial charge in [0, 0.05) is 5.57 Å². The summed E-state index contributed by atoms with van der Waals surface area (Å²) in [7, 11) is 0. The highest BCUT2D eigenvalue weighted by Crippen LogP contribution is 2.43. The lowest BCUT2D eigenvalue weighted by molar-refractivity contribution is -0.107. The van der Waals surface area contributed by atoms with Gasteiger partial charge in [-0.25, -0.2) is 0 Å². The molecule has 76 valence electrons. The third kappa shape index (κ3) is 1.77. The molecular formula is C11H14O2S. The van der Waals surface area contributed by atoms with Crippen LogP contribution < -0.4 is 0 Å². The van der Waals surface area contributed by atoms with Crippen LogP contribution in [-0.2, 0) is 4.79 Å². The van der Waals surface area contributed by atoms with E-state index in [0.29, 0.717) is 5.57 Å². The SMILES string of the molecule is C=C/C(C)=C/[C@]1(C)SC(=O)C(C)=C1O. The van der Waals surface area contributed by atoms with Gasteiger partial charge in [-0.05, 0) is 20.8 Å². The first-order valence-corrected chi connectivity index (χ1v) is 5.18. The summed E-state index contributed by atoms with van der Waals surface area (Å²) in [5.41, 5.74) is 1.40. The number of thioether (sulfide) groups is 1. The van der Waals surface area contributed by atoms with Gasteiger partial charge in [0.2, 0.25) is 5.12 Å². The second-order valence-corrected chi connectivity index (χ2v) is 4.99. The standard InChI is InChI=1S/C11H14O2S/c1-5-7(2)6-11(4)9(12)8(3)10(13)14-11/h5-6,12H,1H2,2-4H3/b7-6+/t11-/m0/s1. The van der Waals surface area contributed by atoms with Crippen molar-refractivity contribution in [2.24, 2.45) is 0 Å². The molecule has 2 nitrogen and oxygen atoms in total. The first kappa shape index (κ1) is 11.1. The highest BCUT2D eigenvalue weighted by atomic mass is 32.2. The van der Waals surface area contributed by atoms with E-state index >= 15 is 0 Å². The van der Waals surface area contributed by atoms with E-state index in [4.69, 9.17) is 0 Å². The van der Waals surface area contributed by atoms with Gasteiger partial charge in [-0.1, -0.05) is 36.1 Å². The van der Waals surface area contributed by atoms with Crippen molar-refractivity contribution in [3.63, 3.8) is 0 Å². The van der Waals surface area contributed by atoms with E-state index in [2.05, 4.69) is 6.58 Å². The maximum absolute atomic E-state index is 11.4. The molecule has 1 rings (SSSR count). The van der Waals surface area contributed by atoms with Crippen LogP contribution in [0.15, 0.2) is 35.6 Å². The maximum atomic E-state index is 11.4. The molecule has 0 unspecified atom stereocenters. The number of carbonyl (C=O) groups excluding carboxylic acids is 1. The molecular weight excluding hydrogens is 196 g/mol. The number of aliphatic hydroxyl groups excluding tert-OH is 1. The molecule has 0 aromatic carbocycles. The Bertz CT molecular complexity index is 352. The molecule has 3 heteroatoms. The molecule has 1 aliphatic rings. The Balaban J connectivity index is 3.12. The lowest BCUT2D eigenvalue weighted by Gasteiger charge is -2.18. The molecule has 1 heterocycles. The van der Waals surface area contributed by atoms with Gasteiger partial charge in [-0.3, -0.25) is 4.79 Å². The van der Waals surface area contributed by atoms with Gasteiger partial charge in [0.15, 0.2) is 0 Å². The number of carbonyl (C=O) groups is 1. The smallest absolute Gasteiger partial charge is 0.219 e. The Morgan fingerprint density at radius 1 is 1.64 bits per heavy atom. The van der Waals surface area contributed by atoms with Crippen molar-refractivity contribution in [1.82, 2.24) is 0 Å². The number of hydrogen-bond donors (Lipinski definition) is 1. The van der Waals surface area contributed by atoms with Crippen molar-refractivity contribution in [2.45, 2.75) is 25.5 Å². The van der Waals surface area contributed by atoms with Crippen LogP contribution in [0.4, 0.5) is 0 Å². The average molecular weight is 210 g/mol. The highest BCUT2D eigenvalue weighted by molar-refractivity contribution is 8.16. The highest BCUT2D eigenvalue weighted by Gasteiger charge is 2.39. The topological polar surface area (TPSA) is 37.3 Å². The van der Waals surface area contributed by atoms with Crippen molar-refractivity contribution >= 4 is 16.9 Å². The lowest BCUT2D eigenvalue weighted by atomic mass is 10.0. The van der Waals surface area contributed by atoms with Crippen molar-refractivity contribution < 1.29 is 9.90 Å². The monoisotopic (exact) mass is 210 g/mol. The molecule has 0 amide bonds. The summed E-state index contributed by atoms with van der Waals surface area (Å²) in [6, 6.07) is 0. The van der Waals surface area contributed by atoms with Gasteiger partial charge in [-0.2, -0.15) is 0 Å². The van der Waals surface area contributed by atoms with E-state index in [1.54, 1.807) is 13.0 Å². The van der Waals surface area contributed by atoms with Gasteiger partial charge < -0.3 is 5.11 Å². The quantitative estimate of drug-likeness (QED) is 0.712. The second kappa shape index (κ2) is 3.65. The molecule has 0 aromatic rings. The molecule has 0 radical (unpaired) electrons. The Morgan fingerprint density at radius 2 is 2.21 bits per heavy atom. The van der Waals surface area contributed by atoms with Gasteiger partial charge in [0.05, 0.1) is 4.75 Å². The Kier molecular flexibility index (Phi) is 2.90. The molecule has 1 aliphatic heterocycles. The van der Waals surface area contributed by atoms with E-state index in [1.165, 1.54) is 0 Å². The molecule has 0 bridgehead atoms. The van der Waals surface area contributed by atoms with E-state index < -0.39 is 4.75 Å². The summed E-state index contributed by atoms with van der Waals surface area (Å²) >= 11 is 1.14. The minimum Gasteiger partial charge on any atom is -0.510 e. The third-order valence-electron chi connectivity index (χ3n) is 2.26. The van der Waals surface area contributed by atoms with Gasteiger partial charge >= 0.3 is 0 Å². The number of allylic oxidation sites excluding steroid dienone is 2. The molecule has 0 aromatic heterocycles. The van der Waals surface area contributed by atoms with Crippen molar-refractivity contribution in [3.05, 3.63) is 35.6 Å². The minimum atomic E-state index is -0.612. The van der Waals surface area contributed by atoms with Crippen LogP contribution in [-0.4, -0.2) is 15.0 Å². The fourth-order valence-electron chi connectivity index (χ4n) is 1.38. The van der Waals surface area contributed by atoms with Gasteiger partial charge in [0.1, 0.15) is 5.76 Å². The van der Waals surface area contributed by atoms with Crippen molar-refractivity contribution in [1.29, 1.82) is 0 Å². The zero-order valence-electron chi connectivity index (χ0n) is 8.63. The predicted molar refractivity (Wildman–Crippen MR) is 60.3 cm³/mol. The van der Waals surface area contributed by atoms with E-state index in [0.717, 1.165) is 17.3 Å². The predicted octanol–water partition coefficient (Wildman–Crippen LogP) is 2.98. The molecule has 0 aliphatic carbocycles. The Morgan fingerprint density at radius 3 is 2.57 bits per heavy atom. The lowest BCUT2D eigenvalue weighted by Crippen LogP contribution is -2.17. The summed E-state index contributed by atoms with van der Waals surface area (Å²) in [6.45, 7) is 9.00. The van der Waals surface area contributed by atoms with Crippen LogP contribution >= 0.6 is 11.8 Å². The van der Waals surface area contributed by atoms with E-state index in [9.17, 15) is 9.90 Å². The largest absolute Gasteiger partial charge is 0.510 e. The van der Waals surface area contributed by atoms with Gasteiger partial charge in [-0.15, -0.1) is 0 Å². The molecule has 1 atom stereocenters. The number of hydrogen-bond acceptors (Lipinski definition) is 3. The zero-order valence-corrected chi connectivity index (χ0v) is 9.44. The van der Waals surface area contributed by atoms with Gasteiger partial charge in [0.25, 0.3) is 0 Å². The normalized spacial score (nSPS) is 28.5. The van der Waals surface area contributed by atoms with Crippen LogP contribution in [0.5, 0.6) is 0 Å². The summed E-state index contributed by atoms with van der Waals surface area (Å²) in [6.07, 6.45) is 3.56. The van der Waals surface area contributed by atoms with Crippen LogP contribution in [0, 0.1) is 0 Å². The average Bonchev–Trinajstić information content (AvgIpc) is 2.30. The summed E-state index contributed by atoms with van der Waals surface area (Å²) in [4.78, 5) is 11.4. The molecule has 14 heavy (non-hydrogen) atoms. The second-order valence-electron chi connectivity index (χ2n) is 3.56. The minimum absolute atomic E-state index is 0.0573. The van der Waals surface area contributed by atoms with Crippen LogP contribution in [0.2, 0.25) is 0 Å². The first-order valence-electron chi connectivity index (χ1n) is 4.36. The summed E-state index contributed by atoms with van der Waals surface area (Å²) in [5, 5.41) is 9.73. The van der Waals surface area contributed by atoms with Crippen molar-refractivity contribution in [2.75, 3.05) is 0 Å². The maximum Gasteiger partial charge on any atom is 0.219 e. The molecule has 0 saturated carbocycles. The van der Waals surface area contributed by atoms with E-state index in [-0.39, 0.29) is 10.9 Å². The molecule has 0 spiro atoms. The van der Waals surface area contributed by atoms with Crippen molar-refractivity contribution in [3.8, 4) is 0 Å². The summed E-state index contributed by atoms with van der Waals surface area (Å²) in [5.74, 6) is 0.161. The number of rotatable bonds is 2. The Labute approximate surface area is 88.4 Å². The fraction of sp³-hybridized carbons (Fsp3) is 0.364. The van der Waals surface area contributed by atoms with Crippen LogP contribution in [0.25, 0.3) is 0 Å². The summed E-state index contributed by atoms with van der Waals surface area (Å²) < 4.78 is -0.612. The molecule has 0 fully saturated rings. The van der Waals surface area contributed by atoms with Crippen LogP contribution in [0.1, 0.15) is 20.8 Å². The van der Waals surface area contributed by atoms with Crippen LogP contribution in [0.3, 0.4) is 0 Å². The fourth-order valence-corrected chi connectivity index (χ4v) is 2.51.